The average molecular weight is 304 g/mol. The van der Waals surface area contributed by atoms with E-state index in [1.807, 2.05) is 37.2 Å². The number of benzene rings is 1. The Bertz CT molecular complexity index is 750. The Morgan fingerprint density at radius 3 is 2.90 bits per heavy atom. The highest BCUT2D eigenvalue weighted by atomic mass is 32.1. The predicted octanol–water partition coefficient (Wildman–Crippen LogP) is 2.10. The van der Waals surface area contributed by atoms with Gasteiger partial charge in [-0.25, -0.2) is 10.1 Å². The molecule has 0 saturated heterocycles. The minimum absolute atomic E-state index is 0.601. The first-order chi connectivity index (χ1) is 10.2. The third-order valence-electron chi connectivity index (χ3n) is 2.92. The van der Waals surface area contributed by atoms with Gasteiger partial charge in [-0.15, -0.1) is 16.4 Å². The topological polar surface area (TPSA) is 79.0 Å². The summed E-state index contributed by atoms with van der Waals surface area (Å²) >= 11 is 1.63. The number of rotatable bonds is 5. The molecule has 3 aromatic rings. The summed E-state index contributed by atoms with van der Waals surface area (Å²) in [5, 5.41) is 11.1. The van der Waals surface area contributed by atoms with Crippen LogP contribution >= 0.6 is 11.3 Å². The van der Waals surface area contributed by atoms with Crippen LogP contribution in [0.1, 0.15) is 5.01 Å². The highest BCUT2D eigenvalue weighted by molar-refractivity contribution is 7.18. The highest BCUT2D eigenvalue weighted by Crippen LogP contribution is 2.26. The molecule has 0 amide bonds. The van der Waals surface area contributed by atoms with Crippen LogP contribution in [-0.2, 0) is 6.54 Å². The lowest BCUT2D eigenvalue weighted by atomic mass is 10.3. The molecule has 0 aliphatic heterocycles. The first-order valence-electron chi connectivity index (χ1n) is 6.43. The Kier molecular flexibility index (Phi) is 3.61. The summed E-state index contributed by atoms with van der Waals surface area (Å²) in [6.07, 6.45) is 0. The molecule has 0 aliphatic rings. The fourth-order valence-corrected chi connectivity index (χ4v) is 2.78. The summed E-state index contributed by atoms with van der Waals surface area (Å²) in [6, 6.07) is 5.88. The van der Waals surface area contributed by atoms with E-state index in [0.717, 1.165) is 21.0 Å². The van der Waals surface area contributed by atoms with Gasteiger partial charge in [-0.05, 0) is 18.2 Å². The van der Waals surface area contributed by atoms with E-state index in [9.17, 15) is 0 Å². The largest absolute Gasteiger partial charge is 0.497 e. The van der Waals surface area contributed by atoms with Crippen LogP contribution in [0, 0.1) is 0 Å². The fraction of sp³-hybridized carbons (Fsp3) is 0.308. The standard InChI is InChI=1S/C13H16N6OS/c1-19(2)13-16-12(17-18-13)14-7-11-15-9-5-4-8(20-3)6-10(9)21-11/h4-6H,7H2,1-3H3,(H2,14,16,17,18). The Labute approximate surface area is 126 Å². The second-order valence-electron chi connectivity index (χ2n) is 4.67. The van der Waals surface area contributed by atoms with Gasteiger partial charge in [0.15, 0.2) is 0 Å². The van der Waals surface area contributed by atoms with E-state index in [0.29, 0.717) is 18.4 Å². The van der Waals surface area contributed by atoms with E-state index in [1.54, 1.807) is 18.4 Å². The number of anilines is 2. The number of ether oxygens (including phenoxy) is 1. The van der Waals surface area contributed by atoms with Crippen LogP contribution in [0.25, 0.3) is 10.2 Å². The van der Waals surface area contributed by atoms with Crippen molar-refractivity contribution in [2.45, 2.75) is 6.54 Å². The van der Waals surface area contributed by atoms with E-state index in [2.05, 4.69) is 25.5 Å². The molecule has 8 heteroatoms. The van der Waals surface area contributed by atoms with Gasteiger partial charge < -0.3 is 15.0 Å². The monoisotopic (exact) mass is 304 g/mol. The summed E-state index contributed by atoms with van der Waals surface area (Å²) in [5.74, 6) is 2.12. The number of thiazole rings is 1. The number of H-pyrrole nitrogens is 1. The molecular weight excluding hydrogens is 288 g/mol. The lowest BCUT2D eigenvalue weighted by Crippen LogP contribution is -2.10. The minimum atomic E-state index is 0.601. The second kappa shape index (κ2) is 5.57. The smallest absolute Gasteiger partial charge is 0.245 e. The Balaban J connectivity index is 1.72. The third kappa shape index (κ3) is 2.89. The number of methoxy groups -OCH3 is 1. The minimum Gasteiger partial charge on any atom is -0.497 e. The van der Waals surface area contributed by atoms with Gasteiger partial charge in [-0.3, -0.25) is 0 Å². The zero-order chi connectivity index (χ0) is 14.8. The molecule has 0 aliphatic carbocycles. The van der Waals surface area contributed by atoms with Gasteiger partial charge >= 0.3 is 0 Å². The van der Waals surface area contributed by atoms with E-state index >= 15 is 0 Å². The van der Waals surface area contributed by atoms with Gasteiger partial charge in [0.05, 0.1) is 23.9 Å². The van der Waals surface area contributed by atoms with Crippen molar-refractivity contribution < 1.29 is 4.74 Å². The molecular formula is C13H16N6OS. The summed E-state index contributed by atoms with van der Waals surface area (Å²) < 4.78 is 6.33. The van der Waals surface area contributed by atoms with Gasteiger partial charge in [0.2, 0.25) is 11.9 Å². The van der Waals surface area contributed by atoms with Crippen LogP contribution < -0.4 is 15.0 Å². The Hall–Kier alpha value is -2.35. The molecule has 110 valence electrons. The Morgan fingerprint density at radius 2 is 2.19 bits per heavy atom. The SMILES string of the molecule is COc1ccc2nc(CNc3nc(N(C)C)n[nH]3)sc2c1. The van der Waals surface area contributed by atoms with Crippen molar-refractivity contribution in [2.75, 3.05) is 31.4 Å². The molecule has 0 saturated carbocycles. The van der Waals surface area contributed by atoms with Crippen molar-refractivity contribution in [3.63, 3.8) is 0 Å². The summed E-state index contributed by atoms with van der Waals surface area (Å²) in [4.78, 5) is 10.7. The van der Waals surface area contributed by atoms with Crippen molar-refractivity contribution in [3.8, 4) is 5.75 Å². The van der Waals surface area contributed by atoms with Crippen molar-refractivity contribution >= 4 is 33.5 Å². The first-order valence-corrected chi connectivity index (χ1v) is 7.24. The molecule has 0 atom stereocenters. The summed E-state index contributed by atoms with van der Waals surface area (Å²) in [6.45, 7) is 0.601. The van der Waals surface area contributed by atoms with Crippen molar-refractivity contribution in [1.29, 1.82) is 0 Å². The molecule has 1 aromatic carbocycles. The lowest BCUT2D eigenvalue weighted by Gasteiger charge is -2.03. The van der Waals surface area contributed by atoms with E-state index in [-0.39, 0.29) is 0 Å². The molecule has 7 nitrogen and oxygen atoms in total. The van der Waals surface area contributed by atoms with Gasteiger partial charge in [-0.2, -0.15) is 4.98 Å². The molecule has 0 unspecified atom stereocenters. The van der Waals surface area contributed by atoms with Gasteiger partial charge in [-0.1, -0.05) is 0 Å². The molecule has 0 bridgehead atoms. The number of aromatic nitrogens is 4. The van der Waals surface area contributed by atoms with Crippen LogP contribution in [0.4, 0.5) is 11.9 Å². The molecule has 2 heterocycles. The normalized spacial score (nSPS) is 10.8. The molecule has 0 radical (unpaired) electrons. The van der Waals surface area contributed by atoms with Crippen LogP contribution in [0.3, 0.4) is 0 Å². The zero-order valence-electron chi connectivity index (χ0n) is 12.0. The van der Waals surface area contributed by atoms with E-state index in [4.69, 9.17) is 4.74 Å². The van der Waals surface area contributed by atoms with E-state index in [1.165, 1.54) is 0 Å². The second-order valence-corrected chi connectivity index (χ2v) is 5.79. The van der Waals surface area contributed by atoms with Gasteiger partial charge in [0.25, 0.3) is 0 Å². The average Bonchev–Trinajstić information content (AvgIpc) is 3.10. The number of aromatic amines is 1. The lowest BCUT2D eigenvalue weighted by molar-refractivity contribution is 0.415. The molecule has 2 N–H and O–H groups in total. The highest BCUT2D eigenvalue weighted by Gasteiger charge is 2.07. The number of nitrogens with one attached hydrogen (secondary N) is 2. The Morgan fingerprint density at radius 1 is 1.33 bits per heavy atom. The number of hydrogen-bond acceptors (Lipinski definition) is 7. The summed E-state index contributed by atoms with van der Waals surface area (Å²) in [5.41, 5.74) is 0.976. The van der Waals surface area contributed by atoms with Crippen LogP contribution in [0.15, 0.2) is 18.2 Å². The summed E-state index contributed by atoms with van der Waals surface area (Å²) in [7, 11) is 5.46. The molecule has 0 spiro atoms. The van der Waals surface area contributed by atoms with Gasteiger partial charge in [0, 0.05) is 14.1 Å². The third-order valence-corrected chi connectivity index (χ3v) is 3.94. The molecule has 21 heavy (non-hydrogen) atoms. The molecule has 0 fully saturated rings. The van der Waals surface area contributed by atoms with Crippen LogP contribution in [0.5, 0.6) is 5.75 Å². The number of fused-ring (bicyclic) bond motifs is 1. The predicted molar refractivity (Wildman–Crippen MR) is 84.2 cm³/mol. The quantitative estimate of drug-likeness (QED) is 0.751. The van der Waals surface area contributed by atoms with Crippen LogP contribution in [0.2, 0.25) is 0 Å². The van der Waals surface area contributed by atoms with E-state index < -0.39 is 0 Å². The molecule has 2 aromatic heterocycles. The fourth-order valence-electron chi connectivity index (χ4n) is 1.85. The first kappa shape index (κ1) is 13.6. The maximum atomic E-state index is 5.22. The zero-order valence-corrected chi connectivity index (χ0v) is 12.9. The van der Waals surface area contributed by atoms with Crippen molar-refractivity contribution in [3.05, 3.63) is 23.2 Å². The maximum Gasteiger partial charge on any atom is 0.245 e. The van der Waals surface area contributed by atoms with Crippen molar-refractivity contribution in [1.82, 2.24) is 20.2 Å². The van der Waals surface area contributed by atoms with Crippen LogP contribution in [-0.4, -0.2) is 41.4 Å². The van der Waals surface area contributed by atoms with Gasteiger partial charge in [0.1, 0.15) is 10.8 Å². The van der Waals surface area contributed by atoms with Crippen molar-refractivity contribution in [2.24, 2.45) is 0 Å². The molecule has 3 rings (SSSR count). The number of hydrogen-bond donors (Lipinski definition) is 2. The maximum absolute atomic E-state index is 5.22. The number of nitrogens with zero attached hydrogens (tertiary/aromatic N) is 4.